The SMILES string of the molecule is O=C(Nc1cccc(C(=O)N=C2C(=O)C3C=CC=CC3C=C2S(=O)(=O)O)c1)Nc1cccc(C(=O)N=C2C(=O)C3C=CC=CC3C=C2S(=O)(=O)O)c1. The Balaban J connectivity index is 1.18. The zero-order chi connectivity index (χ0) is 37.4. The van der Waals surface area contributed by atoms with Crippen LogP contribution in [0.5, 0.6) is 0 Å². The molecule has 0 aromatic heterocycles. The normalized spacial score (nSPS) is 23.8. The van der Waals surface area contributed by atoms with E-state index in [0.717, 1.165) is 12.2 Å². The number of allylic oxidation sites excluding steroid dienone is 12. The standard InChI is InChI=1S/C35H26N4O11S2/c40-31-25-13-3-1-7-19(25)17-27(51(45,46)47)29(31)38-33(42)21-9-5-11-23(15-21)36-35(44)37-24-12-6-10-22(16-24)34(43)39-30-28(52(48,49)50)18-20-8-2-4-14-26(20)32(30)41/h1-20,25-26H,(H2,36,37,44)(H,45,46,47)(H,48,49,50). The molecule has 264 valence electrons. The lowest BCUT2D eigenvalue weighted by molar-refractivity contribution is -0.116. The average Bonchev–Trinajstić information content (AvgIpc) is 3.09. The van der Waals surface area contributed by atoms with Crippen LogP contribution in [0.3, 0.4) is 0 Å². The van der Waals surface area contributed by atoms with Crippen LogP contribution in [0.15, 0.2) is 129 Å². The van der Waals surface area contributed by atoms with Gasteiger partial charge in [-0.25, -0.2) is 14.8 Å². The summed E-state index contributed by atoms with van der Waals surface area (Å²) in [7, 11) is -9.84. The number of ketones is 2. The molecule has 0 radical (unpaired) electrons. The van der Waals surface area contributed by atoms with E-state index in [1.54, 1.807) is 36.5 Å². The third-order valence-electron chi connectivity index (χ3n) is 8.30. The number of nitrogens with zero attached hydrogens (tertiary/aromatic N) is 2. The average molecular weight is 743 g/mol. The van der Waals surface area contributed by atoms with Crippen LogP contribution in [0, 0.1) is 23.7 Å². The largest absolute Gasteiger partial charge is 0.323 e. The van der Waals surface area contributed by atoms with Crippen molar-refractivity contribution in [2.45, 2.75) is 0 Å². The van der Waals surface area contributed by atoms with Gasteiger partial charge in [0.1, 0.15) is 21.2 Å². The smallest absolute Gasteiger partial charge is 0.308 e. The molecule has 6 rings (SSSR count). The number of anilines is 2. The first-order valence-corrected chi connectivity index (χ1v) is 18.2. The summed E-state index contributed by atoms with van der Waals surface area (Å²) in [5.74, 6) is -6.56. The zero-order valence-electron chi connectivity index (χ0n) is 26.5. The lowest BCUT2D eigenvalue weighted by atomic mass is 9.79. The molecule has 4 amide bonds. The molecule has 15 nitrogen and oxygen atoms in total. The van der Waals surface area contributed by atoms with Crippen LogP contribution < -0.4 is 10.6 Å². The number of nitrogens with one attached hydrogen (secondary N) is 2. The van der Waals surface area contributed by atoms with E-state index in [2.05, 4.69) is 20.6 Å². The molecular weight excluding hydrogens is 717 g/mol. The Kier molecular flexibility index (Phi) is 9.61. The van der Waals surface area contributed by atoms with E-state index in [1.165, 1.54) is 60.7 Å². The first-order chi connectivity index (χ1) is 24.6. The molecular formula is C35H26N4O11S2. The highest BCUT2D eigenvalue weighted by atomic mass is 32.2. The van der Waals surface area contributed by atoms with Crippen LogP contribution in [0.1, 0.15) is 20.7 Å². The van der Waals surface area contributed by atoms with E-state index in [4.69, 9.17) is 0 Å². The van der Waals surface area contributed by atoms with Crippen LogP contribution >= 0.6 is 0 Å². The maximum absolute atomic E-state index is 13.1. The molecule has 2 aromatic rings. The van der Waals surface area contributed by atoms with Crippen molar-refractivity contribution in [3.05, 3.63) is 130 Å². The van der Waals surface area contributed by atoms with Crippen LogP contribution in [0.25, 0.3) is 0 Å². The Morgan fingerprint density at radius 1 is 0.596 bits per heavy atom. The van der Waals surface area contributed by atoms with Crippen LogP contribution in [-0.4, -0.2) is 66.8 Å². The predicted octanol–water partition coefficient (Wildman–Crippen LogP) is 3.92. The van der Waals surface area contributed by atoms with Gasteiger partial charge in [-0.05, 0) is 36.4 Å². The van der Waals surface area contributed by atoms with Crippen LogP contribution in [0.4, 0.5) is 16.2 Å². The number of hydrogen-bond donors (Lipinski definition) is 4. The molecule has 4 aliphatic rings. The number of carbonyl (C=O) groups is 5. The highest BCUT2D eigenvalue weighted by molar-refractivity contribution is 7.91. The lowest BCUT2D eigenvalue weighted by Gasteiger charge is -2.26. The Morgan fingerprint density at radius 3 is 1.37 bits per heavy atom. The molecule has 2 aromatic carbocycles. The fraction of sp³-hybridized carbons (Fsp3) is 0.114. The van der Waals surface area contributed by atoms with E-state index in [9.17, 15) is 49.9 Å². The van der Waals surface area contributed by atoms with Gasteiger partial charge in [0, 0.05) is 34.3 Å². The summed E-state index contributed by atoms with van der Waals surface area (Å²) in [6.45, 7) is 0. The number of Topliss-reactive ketones (excluding diaryl/α,β-unsaturated/α-hetero) is 2. The summed E-state index contributed by atoms with van der Waals surface area (Å²) in [6.07, 6.45) is 14.9. The molecule has 4 atom stereocenters. The van der Waals surface area contributed by atoms with Gasteiger partial charge in [0.05, 0.1) is 11.8 Å². The highest BCUT2D eigenvalue weighted by Gasteiger charge is 2.41. The van der Waals surface area contributed by atoms with Gasteiger partial charge in [-0.2, -0.15) is 16.8 Å². The summed E-state index contributed by atoms with van der Waals surface area (Å²) >= 11 is 0. The number of aliphatic imine (C=N–C) groups is 2. The first-order valence-electron chi connectivity index (χ1n) is 15.3. The number of fused-ring (bicyclic) bond motifs is 2. The molecule has 0 heterocycles. The molecule has 4 aliphatic carbocycles. The minimum absolute atomic E-state index is 0.0772. The van der Waals surface area contributed by atoms with E-state index < -0.39 is 94.6 Å². The van der Waals surface area contributed by atoms with Crippen LogP contribution in [-0.2, 0) is 29.8 Å². The van der Waals surface area contributed by atoms with Gasteiger partial charge in [-0.3, -0.25) is 28.3 Å². The van der Waals surface area contributed by atoms with E-state index in [0.29, 0.717) is 0 Å². The van der Waals surface area contributed by atoms with Crippen molar-refractivity contribution in [1.82, 2.24) is 0 Å². The molecule has 17 heteroatoms. The van der Waals surface area contributed by atoms with Gasteiger partial charge >= 0.3 is 6.03 Å². The number of rotatable bonds is 6. The first kappa shape index (κ1) is 35.8. The molecule has 0 spiro atoms. The summed E-state index contributed by atoms with van der Waals surface area (Å²) in [5, 5.41) is 4.97. The number of urea groups is 1. The van der Waals surface area contributed by atoms with Crippen molar-refractivity contribution in [3.63, 3.8) is 0 Å². The molecule has 52 heavy (non-hydrogen) atoms. The van der Waals surface area contributed by atoms with E-state index in [-0.39, 0.29) is 22.5 Å². The Labute approximate surface area is 296 Å². The van der Waals surface area contributed by atoms with Crippen LogP contribution in [0.2, 0.25) is 0 Å². The Bertz CT molecular complexity index is 2270. The predicted molar refractivity (Wildman–Crippen MR) is 189 cm³/mol. The second-order valence-corrected chi connectivity index (χ2v) is 14.5. The van der Waals surface area contributed by atoms with Gasteiger partial charge in [-0.15, -0.1) is 0 Å². The van der Waals surface area contributed by atoms with E-state index >= 15 is 0 Å². The number of benzene rings is 2. The summed E-state index contributed by atoms with van der Waals surface area (Å²) in [4.78, 5) is 71.2. The minimum atomic E-state index is -4.92. The van der Waals surface area contributed by atoms with Crippen molar-refractivity contribution >= 4 is 72.4 Å². The maximum Gasteiger partial charge on any atom is 0.323 e. The lowest BCUT2D eigenvalue weighted by Crippen LogP contribution is -2.36. The third kappa shape index (κ3) is 7.52. The number of carbonyl (C=O) groups excluding carboxylic acids is 5. The van der Waals surface area contributed by atoms with Gasteiger partial charge in [0.15, 0.2) is 11.6 Å². The van der Waals surface area contributed by atoms with Crippen molar-refractivity contribution in [3.8, 4) is 0 Å². The summed E-state index contributed by atoms with van der Waals surface area (Å²) in [5.41, 5.74) is -1.57. The van der Waals surface area contributed by atoms with Gasteiger partial charge in [0.25, 0.3) is 32.1 Å². The maximum atomic E-state index is 13.1. The molecule has 0 saturated heterocycles. The fourth-order valence-electron chi connectivity index (χ4n) is 5.88. The van der Waals surface area contributed by atoms with Gasteiger partial charge in [-0.1, -0.05) is 72.9 Å². The van der Waals surface area contributed by atoms with Gasteiger partial charge < -0.3 is 10.6 Å². The number of amides is 4. The quantitative estimate of drug-likeness (QED) is 0.309. The second kappa shape index (κ2) is 14.0. The Morgan fingerprint density at radius 2 is 0.981 bits per heavy atom. The molecule has 0 bridgehead atoms. The van der Waals surface area contributed by atoms with E-state index in [1.807, 2.05) is 0 Å². The topological polar surface area (TPSA) is 243 Å². The number of hydrogen-bond acceptors (Lipinski definition) is 9. The Hall–Kier alpha value is -6.01. The molecule has 0 fully saturated rings. The van der Waals surface area contributed by atoms with Crippen molar-refractivity contribution < 1.29 is 49.9 Å². The molecule has 4 N–H and O–H groups in total. The molecule has 0 aliphatic heterocycles. The molecule has 4 unspecified atom stereocenters. The second-order valence-electron chi connectivity index (χ2n) is 11.8. The minimum Gasteiger partial charge on any atom is -0.308 e. The third-order valence-corrected chi connectivity index (χ3v) is 10.1. The van der Waals surface area contributed by atoms with Crippen molar-refractivity contribution in [1.29, 1.82) is 0 Å². The monoisotopic (exact) mass is 742 g/mol. The fourth-order valence-corrected chi connectivity index (χ4v) is 7.32. The highest BCUT2D eigenvalue weighted by Crippen LogP contribution is 2.33. The van der Waals surface area contributed by atoms with Crippen molar-refractivity contribution in [2.24, 2.45) is 33.7 Å². The van der Waals surface area contributed by atoms with Gasteiger partial charge in [0.2, 0.25) is 0 Å². The summed E-state index contributed by atoms with van der Waals surface area (Å²) < 4.78 is 67.9. The molecule has 0 saturated carbocycles. The summed E-state index contributed by atoms with van der Waals surface area (Å²) in [6, 6.07) is 9.81. The zero-order valence-corrected chi connectivity index (χ0v) is 28.1. The van der Waals surface area contributed by atoms with Crippen molar-refractivity contribution in [2.75, 3.05) is 10.6 Å².